The van der Waals surface area contributed by atoms with E-state index in [0.29, 0.717) is 5.69 Å². The molecular weight excluding hydrogens is 522 g/mol. The molecule has 31 heavy (non-hydrogen) atoms. The summed E-state index contributed by atoms with van der Waals surface area (Å²) in [5.41, 5.74) is 1.29. The fraction of sp³-hybridized carbons (Fsp3) is 0.300. The lowest BCUT2D eigenvalue weighted by atomic mass is 9.95. The number of likely N-dealkylation sites (N-methyl/N-ethyl adjacent to an activating group) is 1. The Kier molecular flexibility index (Phi) is 4.00. The van der Waals surface area contributed by atoms with Crippen LogP contribution < -0.4 is 4.31 Å². The van der Waals surface area contributed by atoms with Gasteiger partial charge >= 0.3 is 0 Å². The molecule has 11 heteroatoms. The van der Waals surface area contributed by atoms with Crippen molar-refractivity contribution < 1.29 is 18.0 Å². The molecule has 2 aromatic rings. The third kappa shape index (κ3) is 2.25. The zero-order valence-corrected chi connectivity index (χ0v) is 20.2. The number of carbonyl (C=O) groups excluding carboxylic acids is 2. The number of fused-ring (bicyclic) bond motifs is 5. The van der Waals surface area contributed by atoms with Crippen LogP contribution in [0.4, 0.5) is 5.69 Å². The van der Waals surface area contributed by atoms with Gasteiger partial charge in [-0.05, 0) is 23.8 Å². The molecule has 2 bridgehead atoms. The van der Waals surface area contributed by atoms with Crippen molar-refractivity contribution in [3.05, 3.63) is 60.2 Å². The number of para-hydroxylation sites is 1. The average molecular weight is 538 g/mol. The van der Waals surface area contributed by atoms with Crippen LogP contribution in [0.2, 0.25) is 0 Å². The summed E-state index contributed by atoms with van der Waals surface area (Å²) in [5.74, 6) is -0.401. The summed E-state index contributed by atoms with van der Waals surface area (Å²) in [4.78, 5) is 28.9. The molecule has 0 aliphatic carbocycles. The van der Waals surface area contributed by atoms with Gasteiger partial charge in [0.2, 0.25) is 0 Å². The molecule has 5 aliphatic rings. The standard InChI is InChI=1S/C20H16BrN3O4S3/c1-22-16-15(25)23-17-19(21,11-20(23,18(22)26)30-29-16)13-9-5-6-10-14(13)24(17)31(27,28)12-7-3-2-4-8-12/h2-10,16-17H,11H2,1H3/t16-,17-,19-,20-/m0/s1. The molecule has 4 saturated heterocycles. The summed E-state index contributed by atoms with van der Waals surface area (Å²) in [5, 5.41) is -0.667. The molecule has 7 rings (SSSR count). The van der Waals surface area contributed by atoms with Crippen LogP contribution in [0.15, 0.2) is 59.5 Å². The molecule has 0 radical (unpaired) electrons. The van der Waals surface area contributed by atoms with Gasteiger partial charge in [-0.1, -0.05) is 73.9 Å². The summed E-state index contributed by atoms with van der Waals surface area (Å²) in [6.45, 7) is 0. The van der Waals surface area contributed by atoms with Crippen molar-refractivity contribution in [1.29, 1.82) is 0 Å². The van der Waals surface area contributed by atoms with Crippen molar-refractivity contribution >= 4 is 65.0 Å². The second-order valence-corrected chi connectivity index (χ2v) is 13.8. The second kappa shape index (κ2) is 6.21. The van der Waals surface area contributed by atoms with E-state index >= 15 is 0 Å². The van der Waals surface area contributed by atoms with Crippen LogP contribution in [-0.4, -0.2) is 53.5 Å². The summed E-state index contributed by atoms with van der Waals surface area (Å²) in [6, 6.07) is 15.5. The highest BCUT2D eigenvalue weighted by molar-refractivity contribution is 9.09. The Hall–Kier alpha value is -1.69. The largest absolute Gasteiger partial charge is 0.322 e. The maximum absolute atomic E-state index is 13.9. The number of carbonyl (C=O) groups is 2. The molecule has 5 aliphatic heterocycles. The second-order valence-electron chi connectivity index (χ2n) is 7.98. The summed E-state index contributed by atoms with van der Waals surface area (Å²) in [7, 11) is 0.366. The van der Waals surface area contributed by atoms with Gasteiger partial charge < -0.3 is 4.90 Å². The number of halogens is 1. The van der Waals surface area contributed by atoms with E-state index in [0.717, 1.165) is 5.56 Å². The molecule has 4 fully saturated rings. The molecule has 1 spiro atoms. The SMILES string of the molecule is CN1C(=O)[C@@]23C[C@]4(Br)c5ccccc5N(S(=O)(=O)c5ccccc5)[C@@H]4N2C(=O)[C@@H]1SS3. The predicted molar refractivity (Wildman–Crippen MR) is 123 cm³/mol. The molecule has 0 unspecified atom stereocenters. The van der Waals surface area contributed by atoms with E-state index in [1.807, 2.05) is 12.1 Å². The molecule has 4 atom stereocenters. The number of benzene rings is 2. The Morgan fingerprint density at radius 3 is 2.48 bits per heavy atom. The van der Waals surface area contributed by atoms with Crippen molar-refractivity contribution in [3.63, 3.8) is 0 Å². The molecule has 5 heterocycles. The zero-order chi connectivity index (χ0) is 21.8. The van der Waals surface area contributed by atoms with Crippen molar-refractivity contribution in [2.45, 2.75) is 32.1 Å². The highest BCUT2D eigenvalue weighted by atomic mass is 79.9. The lowest BCUT2D eigenvalue weighted by molar-refractivity contribution is -0.158. The van der Waals surface area contributed by atoms with Crippen LogP contribution in [0.5, 0.6) is 0 Å². The first kappa shape index (κ1) is 20.0. The van der Waals surface area contributed by atoms with Gasteiger partial charge in [0.1, 0.15) is 6.17 Å². The maximum atomic E-state index is 13.9. The monoisotopic (exact) mass is 537 g/mol. The highest BCUT2D eigenvalue weighted by Gasteiger charge is 2.76. The minimum Gasteiger partial charge on any atom is -0.322 e. The van der Waals surface area contributed by atoms with Gasteiger partial charge in [0, 0.05) is 13.5 Å². The van der Waals surface area contributed by atoms with Gasteiger partial charge in [-0.2, -0.15) is 0 Å². The fourth-order valence-electron chi connectivity index (χ4n) is 5.05. The quantitative estimate of drug-likeness (QED) is 0.433. The summed E-state index contributed by atoms with van der Waals surface area (Å²) in [6.07, 6.45) is -0.599. The Balaban J connectivity index is 1.62. The first-order valence-electron chi connectivity index (χ1n) is 9.56. The number of rotatable bonds is 2. The minimum atomic E-state index is -4.00. The Labute approximate surface area is 195 Å². The number of alkyl halides is 1. The van der Waals surface area contributed by atoms with Crippen LogP contribution in [0.1, 0.15) is 12.0 Å². The summed E-state index contributed by atoms with van der Waals surface area (Å²) < 4.78 is 28.2. The van der Waals surface area contributed by atoms with E-state index in [1.165, 1.54) is 35.7 Å². The number of anilines is 1. The van der Waals surface area contributed by atoms with Crippen molar-refractivity contribution in [2.75, 3.05) is 11.4 Å². The third-order valence-corrected chi connectivity index (χ3v) is 12.5. The van der Waals surface area contributed by atoms with Crippen LogP contribution in [0, 0.1) is 0 Å². The van der Waals surface area contributed by atoms with Gasteiger partial charge in [0.05, 0.1) is 14.9 Å². The molecule has 2 aromatic carbocycles. The normalized spacial score (nSPS) is 33.5. The van der Waals surface area contributed by atoms with Gasteiger partial charge in [-0.15, -0.1) is 0 Å². The number of hydrogen-bond acceptors (Lipinski definition) is 6. The van der Waals surface area contributed by atoms with E-state index in [-0.39, 0.29) is 23.1 Å². The third-order valence-electron chi connectivity index (χ3n) is 6.38. The van der Waals surface area contributed by atoms with Crippen LogP contribution in [0.25, 0.3) is 0 Å². The van der Waals surface area contributed by atoms with Gasteiger partial charge in [-0.3, -0.25) is 14.5 Å². The molecule has 160 valence electrons. The van der Waals surface area contributed by atoms with Crippen LogP contribution in [-0.2, 0) is 23.9 Å². The van der Waals surface area contributed by atoms with E-state index < -0.39 is 30.8 Å². The number of nitrogens with zero attached hydrogens (tertiary/aromatic N) is 3. The first-order chi connectivity index (χ1) is 14.7. The summed E-state index contributed by atoms with van der Waals surface area (Å²) >= 11 is 3.84. The van der Waals surface area contributed by atoms with Crippen molar-refractivity contribution in [1.82, 2.24) is 9.80 Å². The maximum Gasteiger partial charge on any atom is 0.266 e. The van der Waals surface area contributed by atoms with Crippen molar-refractivity contribution in [3.8, 4) is 0 Å². The van der Waals surface area contributed by atoms with Gasteiger partial charge in [0.15, 0.2) is 10.2 Å². The number of hydrogen-bond donors (Lipinski definition) is 0. The van der Waals surface area contributed by atoms with E-state index in [9.17, 15) is 18.0 Å². The number of amides is 2. The van der Waals surface area contributed by atoms with Crippen LogP contribution >= 0.6 is 37.5 Å². The zero-order valence-electron chi connectivity index (χ0n) is 16.1. The van der Waals surface area contributed by atoms with Crippen LogP contribution in [0.3, 0.4) is 0 Å². The lowest BCUT2D eigenvalue weighted by Gasteiger charge is -2.53. The van der Waals surface area contributed by atoms with E-state index in [2.05, 4.69) is 15.9 Å². The van der Waals surface area contributed by atoms with E-state index in [4.69, 9.17) is 0 Å². The molecule has 0 saturated carbocycles. The Bertz CT molecular complexity index is 1260. The van der Waals surface area contributed by atoms with E-state index in [1.54, 1.807) is 49.5 Å². The molecule has 0 aromatic heterocycles. The minimum absolute atomic E-state index is 0.141. The molecule has 7 nitrogen and oxygen atoms in total. The highest BCUT2D eigenvalue weighted by Crippen LogP contribution is 2.69. The van der Waals surface area contributed by atoms with Gasteiger partial charge in [-0.25, -0.2) is 12.7 Å². The molecule has 2 amide bonds. The van der Waals surface area contributed by atoms with Crippen molar-refractivity contribution in [2.24, 2.45) is 0 Å². The fourth-order valence-corrected chi connectivity index (χ4v) is 11.7. The molecular formula is C20H16BrN3O4S3. The topological polar surface area (TPSA) is 78.0 Å². The Morgan fingerprint density at radius 2 is 1.74 bits per heavy atom. The first-order valence-corrected chi connectivity index (χ1v) is 14.0. The smallest absolute Gasteiger partial charge is 0.266 e. The molecule has 0 N–H and O–H groups in total. The van der Waals surface area contributed by atoms with Gasteiger partial charge in [0.25, 0.3) is 21.8 Å². The number of piperazine rings is 1. The Morgan fingerprint density at radius 1 is 1.06 bits per heavy atom. The predicted octanol–water partition coefficient (Wildman–Crippen LogP) is 2.93. The lowest BCUT2D eigenvalue weighted by Crippen LogP contribution is -2.72. The number of sulfonamides is 1. The average Bonchev–Trinajstić information content (AvgIpc) is 3.18.